The van der Waals surface area contributed by atoms with E-state index in [0.717, 1.165) is 66.0 Å². The van der Waals surface area contributed by atoms with Gasteiger partial charge >= 0.3 is 0 Å². The van der Waals surface area contributed by atoms with Crippen LogP contribution in [0.3, 0.4) is 0 Å². The number of fused-ring (bicyclic) bond motifs is 2. The Morgan fingerprint density at radius 3 is 2.26 bits per heavy atom. The number of nitroso groups, excluding NO2 is 1. The summed E-state index contributed by atoms with van der Waals surface area (Å²) in [6, 6.07) is 11.3. The lowest BCUT2D eigenvalue weighted by molar-refractivity contribution is -0.490. The number of hydrogen-bond donors (Lipinski definition) is 5. The predicted molar refractivity (Wildman–Crippen MR) is 111 cm³/mol. The molecule has 27 heavy (non-hydrogen) atoms. The molecule has 0 aromatic heterocycles. The first-order valence-electron chi connectivity index (χ1n) is 9.65. The van der Waals surface area contributed by atoms with E-state index in [1.165, 1.54) is 0 Å². The van der Waals surface area contributed by atoms with Gasteiger partial charge in [0.1, 0.15) is 5.69 Å². The fourth-order valence-electron chi connectivity index (χ4n) is 3.85. The lowest BCUT2D eigenvalue weighted by Gasteiger charge is -2.12. The summed E-state index contributed by atoms with van der Waals surface area (Å²) in [5.41, 5.74) is 16.7. The summed E-state index contributed by atoms with van der Waals surface area (Å²) in [5, 5.41) is 10.2. The van der Waals surface area contributed by atoms with Crippen molar-refractivity contribution in [2.75, 3.05) is 27.4 Å². The highest BCUT2D eigenvalue weighted by atomic mass is 16.3. The van der Waals surface area contributed by atoms with E-state index in [0.29, 0.717) is 11.4 Å². The van der Waals surface area contributed by atoms with Crippen LogP contribution in [0.15, 0.2) is 36.4 Å². The van der Waals surface area contributed by atoms with Gasteiger partial charge in [0.2, 0.25) is 0 Å². The second-order valence-corrected chi connectivity index (χ2v) is 7.40. The van der Waals surface area contributed by atoms with Gasteiger partial charge in [-0.05, 0) is 49.6 Å². The highest BCUT2D eigenvalue weighted by molar-refractivity contribution is 5.77. The maximum absolute atomic E-state index is 12.3. The quantitative estimate of drug-likeness (QED) is 0.285. The highest BCUT2D eigenvalue weighted by Gasteiger charge is 2.37. The van der Waals surface area contributed by atoms with Gasteiger partial charge in [0.15, 0.2) is 0 Å². The van der Waals surface area contributed by atoms with Crippen molar-refractivity contribution in [1.82, 2.24) is 0 Å². The Morgan fingerprint density at radius 2 is 1.44 bits per heavy atom. The summed E-state index contributed by atoms with van der Waals surface area (Å²) in [6.45, 7) is 0. The molecule has 0 saturated heterocycles. The monoisotopic (exact) mass is 367 g/mol. The number of rotatable bonds is 7. The van der Waals surface area contributed by atoms with E-state index in [2.05, 4.69) is 16.0 Å². The normalized spacial score (nSPS) is 19.8. The molecule has 0 fully saturated rings. The smallest absolute Gasteiger partial charge is 0.283 e. The van der Waals surface area contributed by atoms with Gasteiger partial charge in [-0.2, -0.15) is 0 Å². The van der Waals surface area contributed by atoms with Gasteiger partial charge < -0.3 is 27.4 Å². The molecule has 0 saturated carbocycles. The second-order valence-electron chi connectivity index (χ2n) is 7.40. The van der Waals surface area contributed by atoms with Crippen molar-refractivity contribution in [3.05, 3.63) is 41.3 Å². The third-order valence-corrected chi connectivity index (χ3v) is 5.29. The Morgan fingerprint density at radius 1 is 0.778 bits per heavy atom. The maximum Gasteiger partial charge on any atom is 0.283 e. The summed E-state index contributed by atoms with van der Waals surface area (Å²) < 4.78 is 1.06. The Balaban J connectivity index is 1.14. The zero-order valence-electron chi connectivity index (χ0n) is 15.4. The average Bonchev–Trinajstić information content (AvgIpc) is 3.18. The van der Waals surface area contributed by atoms with Crippen LogP contribution in [-0.4, -0.2) is 17.1 Å². The molecular formula is C20H27N6O+. The van der Waals surface area contributed by atoms with E-state index >= 15 is 0 Å². The Labute approximate surface area is 159 Å². The summed E-state index contributed by atoms with van der Waals surface area (Å²) in [4.78, 5) is 12.3. The van der Waals surface area contributed by atoms with Crippen LogP contribution in [0.2, 0.25) is 0 Å². The molecule has 0 spiro atoms. The summed E-state index contributed by atoms with van der Waals surface area (Å²) in [7, 11) is 0. The first-order valence-corrected chi connectivity index (χ1v) is 9.65. The molecule has 2 aliphatic heterocycles. The molecule has 0 radical (unpaired) electrons. The molecule has 2 aliphatic rings. The first-order chi connectivity index (χ1) is 13.1. The van der Waals surface area contributed by atoms with Crippen LogP contribution in [0.25, 0.3) is 0 Å². The SMILES string of the molecule is Nc1ccc2c(c1)NC(CCCCCCC1Nc3ccc(N)cc3[N+]1=O)N2. The topological polar surface area (TPSA) is 108 Å². The molecule has 7 N–H and O–H groups in total. The molecule has 7 nitrogen and oxygen atoms in total. The van der Waals surface area contributed by atoms with Crippen LogP contribution in [0.4, 0.5) is 34.1 Å². The van der Waals surface area contributed by atoms with Crippen LogP contribution in [0.1, 0.15) is 38.5 Å². The third-order valence-electron chi connectivity index (χ3n) is 5.29. The van der Waals surface area contributed by atoms with Crippen molar-refractivity contribution in [3.8, 4) is 0 Å². The molecule has 2 heterocycles. The van der Waals surface area contributed by atoms with Crippen molar-refractivity contribution >= 4 is 34.1 Å². The Bertz CT molecular complexity index is 852. The van der Waals surface area contributed by atoms with Crippen LogP contribution in [0, 0.1) is 4.91 Å². The molecule has 2 unspecified atom stereocenters. The van der Waals surface area contributed by atoms with Gasteiger partial charge in [0, 0.05) is 28.8 Å². The van der Waals surface area contributed by atoms with Crippen molar-refractivity contribution < 1.29 is 4.76 Å². The Hall–Kier alpha value is -2.96. The molecule has 142 valence electrons. The van der Waals surface area contributed by atoms with Crippen molar-refractivity contribution in [2.45, 2.75) is 50.9 Å². The van der Waals surface area contributed by atoms with Gasteiger partial charge in [0.05, 0.1) is 22.3 Å². The zero-order chi connectivity index (χ0) is 18.8. The number of hydrogen-bond acceptors (Lipinski definition) is 6. The molecule has 0 aliphatic carbocycles. The summed E-state index contributed by atoms with van der Waals surface area (Å²) in [6.07, 6.45) is 6.44. The average molecular weight is 367 g/mol. The van der Waals surface area contributed by atoms with Crippen molar-refractivity contribution in [2.24, 2.45) is 0 Å². The first kappa shape index (κ1) is 17.5. The number of unbranched alkanes of at least 4 members (excludes halogenated alkanes) is 3. The van der Waals surface area contributed by atoms with Gasteiger partial charge in [-0.3, -0.25) is 0 Å². The van der Waals surface area contributed by atoms with E-state index in [-0.39, 0.29) is 12.3 Å². The predicted octanol–water partition coefficient (Wildman–Crippen LogP) is 4.22. The minimum Gasteiger partial charge on any atom is -0.399 e. The van der Waals surface area contributed by atoms with Crippen LogP contribution < -0.4 is 27.4 Å². The van der Waals surface area contributed by atoms with E-state index in [1.54, 1.807) is 6.07 Å². The number of nitrogen functional groups attached to an aromatic ring is 2. The molecule has 2 aromatic carbocycles. The lowest BCUT2D eigenvalue weighted by atomic mass is 10.1. The number of benzene rings is 2. The van der Waals surface area contributed by atoms with Crippen LogP contribution in [0.5, 0.6) is 0 Å². The summed E-state index contributed by atoms with van der Waals surface area (Å²) in [5.74, 6) is 0. The number of nitrogens with one attached hydrogen (secondary N) is 3. The van der Waals surface area contributed by atoms with Gasteiger partial charge in [-0.15, -0.1) is 0 Å². The summed E-state index contributed by atoms with van der Waals surface area (Å²) >= 11 is 0. The van der Waals surface area contributed by atoms with E-state index in [1.807, 2.05) is 30.3 Å². The van der Waals surface area contributed by atoms with Crippen molar-refractivity contribution in [3.63, 3.8) is 0 Å². The maximum atomic E-state index is 12.3. The van der Waals surface area contributed by atoms with Crippen LogP contribution in [-0.2, 0) is 0 Å². The molecule has 2 atom stereocenters. The standard InChI is InChI=1S/C20H27N6O/c21-13-7-9-15-17(11-13)24-19(23-15)5-3-1-2-4-6-20-25-16-10-8-14(22)12-18(16)26(20)27/h7-12,19-20,23-25H,1-6,21-22H2/q+1. The second kappa shape index (κ2) is 7.34. The molecule has 0 amide bonds. The molecule has 0 bridgehead atoms. The van der Waals surface area contributed by atoms with Gasteiger partial charge in [-0.1, -0.05) is 12.8 Å². The van der Waals surface area contributed by atoms with E-state index in [4.69, 9.17) is 11.5 Å². The highest BCUT2D eigenvalue weighted by Crippen LogP contribution is 2.35. The lowest BCUT2D eigenvalue weighted by Crippen LogP contribution is -2.22. The van der Waals surface area contributed by atoms with Gasteiger partial charge in [0.25, 0.3) is 11.9 Å². The third kappa shape index (κ3) is 3.77. The molecule has 7 heteroatoms. The fourth-order valence-corrected chi connectivity index (χ4v) is 3.85. The zero-order valence-corrected chi connectivity index (χ0v) is 15.4. The fraction of sp³-hybridized carbons (Fsp3) is 0.400. The van der Waals surface area contributed by atoms with Crippen LogP contribution >= 0.6 is 0 Å². The largest absolute Gasteiger partial charge is 0.399 e. The van der Waals surface area contributed by atoms with Gasteiger partial charge in [-0.25, -0.2) is 0 Å². The molecule has 2 aromatic rings. The molecule has 4 rings (SSSR count). The number of anilines is 5. The number of nitrogens with zero attached hydrogens (tertiary/aromatic N) is 1. The Kier molecular flexibility index (Phi) is 4.75. The minimum atomic E-state index is -0.181. The van der Waals surface area contributed by atoms with E-state index in [9.17, 15) is 4.91 Å². The molecular weight excluding hydrogens is 340 g/mol. The minimum absolute atomic E-state index is 0.181. The van der Waals surface area contributed by atoms with E-state index < -0.39 is 0 Å². The van der Waals surface area contributed by atoms with Crippen molar-refractivity contribution in [1.29, 1.82) is 0 Å². The number of nitrogens with two attached hydrogens (primary N) is 2.